The van der Waals surface area contributed by atoms with E-state index in [9.17, 15) is 19.5 Å². The van der Waals surface area contributed by atoms with Crippen LogP contribution in [0.1, 0.15) is 53.4 Å². The van der Waals surface area contributed by atoms with Gasteiger partial charge in [-0.3, -0.25) is 4.79 Å². The van der Waals surface area contributed by atoms with E-state index in [4.69, 9.17) is 14.2 Å². The number of urea groups is 1. The number of ether oxygens (including phenoxy) is 1. The van der Waals surface area contributed by atoms with Gasteiger partial charge in [0.05, 0.1) is 35.6 Å². The summed E-state index contributed by atoms with van der Waals surface area (Å²) in [5.74, 6) is -0.235. The number of hydrogen-bond donors (Lipinski definition) is 4. The average molecular weight is 767 g/mol. The molecule has 0 radical (unpaired) electrons. The lowest BCUT2D eigenvalue weighted by molar-refractivity contribution is -0.124. The number of alkyl carbamates (subject to hydrolysis) is 1. The Morgan fingerprint density at radius 1 is 0.836 bits per heavy atom. The van der Waals surface area contributed by atoms with Gasteiger partial charge in [0.2, 0.25) is 5.91 Å². The van der Waals surface area contributed by atoms with Crippen LogP contribution >= 0.6 is 11.3 Å². The van der Waals surface area contributed by atoms with E-state index in [2.05, 4.69) is 33.2 Å². The molecule has 0 bridgehead atoms. The topological polar surface area (TPSA) is 159 Å². The molecule has 0 saturated heterocycles. The Morgan fingerprint density at radius 3 is 2.09 bits per heavy atom. The number of hydrogen-bond acceptors (Lipinski definition) is 9. The maximum atomic E-state index is 14.0. The molecular formula is C42H50N6O6S. The highest BCUT2D eigenvalue weighted by Gasteiger charge is 2.31. The van der Waals surface area contributed by atoms with Crippen molar-refractivity contribution in [2.75, 3.05) is 7.05 Å². The van der Waals surface area contributed by atoms with Crippen LogP contribution in [0.25, 0.3) is 0 Å². The summed E-state index contributed by atoms with van der Waals surface area (Å²) in [7, 11) is 1.68. The third-order valence-corrected chi connectivity index (χ3v) is 10.1. The molecular weight excluding hydrogens is 717 g/mol. The standard InChI is InChI=1S/C42H50N6O6S/c1-29(2)39(47-41(51)48(3)26-34-28-55-38(44-34)20-19-30-13-7-4-8-14-30)40(50)45-33(23-31-15-9-5-10-16-31)25-37(49)36(24-32-17-11-6-12-18-32)46-42(52)53-27-35-21-22-43-54-35/h4-18,21-22,28-29,33,36-37,39,49H,19-20,23-27H2,1-3H3,(H,45,50)(H,46,52)(H,47,51)/t33-,36-,37-,39-/m0/s1. The summed E-state index contributed by atoms with van der Waals surface area (Å²) < 4.78 is 10.4. The second-order valence-electron chi connectivity index (χ2n) is 13.9. The zero-order valence-corrected chi connectivity index (χ0v) is 32.3. The summed E-state index contributed by atoms with van der Waals surface area (Å²) in [6.45, 7) is 3.91. The Balaban J connectivity index is 1.23. The second-order valence-corrected chi connectivity index (χ2v) is 14.9. The zero-order valence-electron chi connectivity index (χ0n) is 31.5. The maximum absolute atomic E-state index is 14.0. The Bertz CT molecular complexity index is 1890. The van der Waals surface area contributed by atoms with E-state index in [0.29, 0.717) is 25.1 Å². The van der Waals surface area contributed by atoms with Crippen molar-refractivity contribution < 1.29 is 28.8 Å². The molecule has 5 rings (SSSR count). The fourth-order valence-electron chi connectivity index (χ4n) is 6.16. The number of nitrogens with one attached hydrogen (secondary N) is 3. The van der Waals surface area contributed by atoms with E-state index in [1.807, 2.05) is 98.1 Å². The Hall–Kier alpha value is -5.53. The van der Waals surface area contributed by atoms with Crippen molar-refractivity contribution in [3.05, 3.63) is 142 Å². The van der Waals surface area contributed by atoms with E-state index in [1.165, 1.54) is 16.7 Å². The molecule has 4 atom stereocenters. The number of carbonyl (C=O) groups is 3. The van der Waals surface area contributed by atoms with E-state index < -0.39 is 36.4 Å². The summed E-state index contributed by atoms with van der Waals surface area (Å²) in [6, 6.07) is 28.4. The minimum Gasteiger partial charge on any atom is -0.441 e. The number of rotatable bonds is 19. The molecule has 0 aliphatic carbocycles. The van der Waals surface area contributed by atoms with Crippen molar-refractivity contribution in [1.29, 1.82) is 0 Å². The van der Waals surface area contributed by atoms with Crippen LogP contribution in [0, 0.1) is 5.92 Å². The second kappa shape index (κ2) is 20.8. The van der Waals surface area contributed by atoms with Crippen molar-refractivity contribution >= 4 is 29.4 Å². The molecule has 13 heteroatoms. The predicted octanol–water partition coefficient (Wildman–Crippen LogP) is 6.10. The molecule has 0 unspecified atom stereocenters. The highest BCUT2D eigenvalue weighted by Crippen LogP contribution is 2.17. The van der Waals surface area contributed by atoms with Crippen LogP contribution in [0.15, 0.2) is 113 Å². The van der Waals surface area contributed by atoms with Crippen LogP contribution in [0.2, 0.25) is 0 Å². The summed E-state index contributed by atoms with van der Waals surface area (Å²) >= 11 is 1.58. The fraction of sp³-hybridized carbons (Fsp3) is 0.357. The van der Waals surface area contributed by atoms with Crippen molar-refractivity contribution in [3.8, 4) is 0 Å². The summed E-state index contributed by atoms with van der Waals surface area (Å²) in [4.78, 5) is 46.6. The first kappa shape index (κ1) is 40.7. The number of benzene rings is 3. The molecule has 12 nitrogen and oxygen atoms in total. The Kier molecular flexibility index (Phi) is 15.4. The number of carbonyl (C=O) groups excluding carboxylic acids is 3. The van der Waals surface area contributed by atoms with Crippen molar-refractivity contribution in [2.24, 2.45) is 5.92 Å². The number of aromatic nitrogens is 2. The number of amides is 4. The van der Waals surface area contributed by atoms with Gasteiger partial charge in [0.25, 0.3) is 0 Å². The fourth-order valence-corrected chi connectivity index (χ4v) is 6.95. The third-order valence-electron chi connectivity index (χ3n) is 9.14. The van der Waals surface area contributed by atoms with Crippen molar-refractivity contribution in [1.82, 2.24) is 31.0 Å². The van der Waals surface area contributed by atoms with Gasteiger partial charge < -0.3 is 35.2 Å². The molecule has 0 spiro atoms. The van der Waals surface area contributed by atoms with Gasteiger partial charge in [-0.15, -0.1) is 11.3 Å². The van der Waals surface area contributed by atoms with E-state index in [0.717, 1.165) is 34.7 Å². The minimum absolute atomic E-state index is 0.107. The van der Waals surface area contributed by atoms with Crippen molar-refractivity contribution in [3.63, 3.8) is 0 Å². The molecule has 4 N–H and O–H groups in total. The number of aliphatic hydroxyl groups is 1. The lowest BCUT2D eigenvalue weighted by atomic mass is 9.93. The molecule has 55 heavy (non-hydrogen) atoms. The quantitative estimate of drug-likeness (QED) is 0.0786. The first-order valence-corrected chi connectivity index (χ1v) is 19.4. The Morgan fingerprint density at radius 2 is 1.47 bits per heavy atom. The van der Waals surface area contributed by atoms with Gasteiger partial charge in [-0.2, -0.15) is 0 Å². The van der Waals surface area contributed by atoms with Crippen LogP contribution in [0.4, 0.5) is 9.59 Å². The van der Waals surface area contributed by atoms with Crippen LogP contribution in [-0.4, -0.2) is 69.5 Å². The predicted molar refractivity (Wildman–Crippen MR) is 211 cm³/mol. The molecule has 3 aromatic carbocycles. The number of nitrogens with zero attached hydrogens (tertiary/aromatic N) is 3. The number of aliphatic hydroxyl groups excluding tert-OH is 1. The molecule has 4 amide bonds. The highest BCUT2D eigenvalue weighted by atomic mass is 32.1. The monoisotopic (exact) mass is 766 g/mol. The van der Waals surface area contributed by atoms with Gasteiger partial charge in [-0.25, -0.2) is 14.6 Å². The van der Waals surface area contributed by atoms with E-state index in [-0.39, 0.29) is 24.9 Å². The molecule has 2 aromatic heterocycles. The van der Waals surface area contributed by atoms with Crippen LogP contribution < -0.4 is 16.0 Å². The minimum atomic E-state index is -1.08. The molecule has 0 aliphatic heterocycles. The van der Waals surface area contributed by atoms with Gasteiger partial charge in [0, 0.05) is 31.0 Å². The summed E-state index contributed by atoms with van der Waals surface area (Å²) in [5.41, 5.74) is 3.89. The largest absolute Gasteiger partial charge is 0.441 e. The first-order chi connectivity index (χ1) is 26.6. The molecule has 0 saturated carbocycles. The number of thiazole rings is 1. The average Bonchev–Trinajstić information content (AvgIpc) is 3.88. The summed E-state index contributed by atoms with van der Waals surface area (Å²) in [5, 5.41) is 27.1. The van der Waals surface area contributed by atoms with Crippen LogP contribution in [-0.2, 0) is 48.4 Å². The molecule has 5 aromatic rings. The van der Waals surface area contributed by atoms with E-state index >= 15 is 0 Å². The van der Waals surface area contributed by atoms with Crippen LogP contribution in [0.3, 0.4) is 0 Å². The van der Waals surface area contributed by atoms with Crippen LogP contribution in [0.5, 0.6) is 0 Å². The SMILES string of the molecule is CC(C)[C@H](NC(=O)N(C)Cc1csc(CCc2ccccc2)n1)C(=O)N[C@@H](Cc1ccccc1)C[C@H](O)[C@H](Cc1ccccc1)NC(=O)OCc1ccno1. The molecule has 0 fully saturated rings. The highest BCUT2D eigenvalue weighted by molar-refractivity contribution is 7.09. The van der Waals surface area contributed by atoms with E-state index in [1.54, 1.807) is 24.5 Å². The molecule has 0 aliphatic rings. The smallest absolute Gasteiger partial charge is 0.407 e. The van der Waals surface area contributed by atoms with Gasteiger partial charge >= 0.3 is 12.1 Å². The zero-order chi connectivity index (χ0) is 39.0. The third kappa shape index (κ3) is 13.4. The summed E-state index contributed by atoms with van der Waals surface area (Å²) in [6.07, 6.45) is 2.18. The van der Waals surface area contributed by atoms with Gasteiger partial charge in [0.1, 0.15) is 6.04 Å². The maximum Gasteiger partial charge on any atom is 0.407 e. The lowest BCUT2D eigenvalue weighted by Gasteiger charge is -2.30. The van der Waals surface area contributed by atoms with Gasteiger partial charge in [-0.1, -0.05) is 110 Å². The Labute approximate surface area is 326 Å². The van der Waals surface area contributed by atoms with Gasteiger partial charge in [0.15, 0.2) is 12.4 Å². The number of aryl methyl sites for hydroxylation is 2. The lowest BCUT2D eigenvalue weighted by Crippen LogP contribution is -2.55. The molecule has 290 valence electrons. The molecule has 2 heterocycles. The van der Waals surface area contributed by atoms with Crippen molar-refractivity contribution in [2.45, 2.75) is 83.3 Å². The normalized spacial score (nSPS) is 13.3. The van der Waals surface area contributed by atoms with Gasteiger partial charge in [-0.05, 0) is 48.3 Å². The first-order valence-electron chi connectivity index (χ1n) is 18.5.